The lowest BCUT2D eigenvalue weighted by Crippen LogP contribution is -2.33. The topological polar surface area (TPSA) is 76.3 Å². The molecule has 108 valence electrons. The summed E-state index contributed by atoms with van der Waals surface area (Å²) in [6.45, 7) is 5.22. The van der Waals surface area contributed by atoms with Crippen molar-refractivity contribution >= 4 is 15.8 Å². The minimum atomic E-state index is -3.45. The number of unbranched alkanes of at least 4 members (excludes halogenated alkanes) is 2. The van der Waals surface area contributed by atoms with Crippen LogP contribution in [0.4, 0.5) is 5.82 Å². The normalized spacial score (nSPS) is 11.9. The molecule has 0 radical (unpaired) electrons. The molecule has 1 rings (SSSR count). The maximum absolute atomic E-state index is 12.5. The fraction of sp³-hybridized carbons (Fsp3) is 0.615. The first-order chi connectivity index (χ1) is 9.02. The van der Waals surface area contributed by atoms with Gasteiger partial charge in [0.25, 0.3) is 0 Å². The molecule has 6 heteroatoms. The molecule has 5 nitrogen and oxygen atoms in total. The van der Waals surface area contributed by atoms with Gasteiger partial charge in [-0.1, -0.05) is 26.7 Å². The predicted molar refractivity (Wildman–Crippen MR) is 77.2 cm³/mol. The zero-order chi connectivity index (χ0) is 14.3. The zero-order valence-electron chi connectivity index (χ0n) is 11.7. The van der Waals surface area contributed by atoms with Crippen molar-refractivity contribution in [3.63, 3.8) is 0 Å². The van der Waals surface area contributed by atoms with Crippen molar-refractivity contribution in [1.29, 1.82) is 0 Å². The number of nitrogens with two attached hydrogens (primary N) is 1. The monoisotopic (exact) mass is 285 g/mol. The van der Waals surface area contributed by atoms with Crippen molar-refractivity contribution in [3.8, 4) is 0 Å². The summed E-state index contributed by atoms with van der Waals surface area (Å²) in [5.74, 6) is 0.326. The molecule has 1 aromatic heterocycles. The van der Waals surface area contributed by atoms with E-state index in [9.17, 15) is 8.42 Å². The quantitative estimate of drug-likeness (QED) is 0.795. The summed E-state index contributed by atoms with van der Waals surface area (Å²) in [4.78, 5) is 4.08. The molecule has 0 aliphatic rings. The SMILES string of the molecule is CCCCN(CCCC)S(=O)(=O)c1ccc(N)nc1. The summed E-state index contributed by atoms with van der Waals surface area (Å²) >= 11 is 0. The Morgan fingerprint density at radius 1 is 1.16 bits per heavy atom. The molecule has 0 bridgehead atoms. The molecule has 0 aromatic carbocycles. The molecule has 0 fully saturated rings. The van der Waals surface area contributed by atoms with Crippen molar-refractivity contribution in [3.05, 3.63) is 18.3 Å². The van der Waals surface area contributed by atoms with Gasteiger partial charge < -0.3 is 5.73 Å². The first kappa shape index (κ1) is 15.9. The fourth-order valence-corrected chi connectivity index (χ4v) is 3.18. The predicted octanol–water partition coefficient (Wildman–Crippen LogP) is 2.25. The molecule has 0 atom stereocenters. The summed E-state index contributed by atoms with van der Waals surface area (Å²) in [6.07, 6.45) is 5.00. The maximum atomic E-state index is 12.5. The molecule has 0 aliphatic carbocycles. The van der Waals surface area contributed by atoms with Gasteiger partial charge in [0.2, 0.25) is 10.0 Å². The molecular formula is C13H23N3O2S. The standard InChI is InChI=1S/C13H23N3O2S/c1-3-5-9-16(10-6-4-2)19(17,18)12-7-8-13(14)15-11-12/h7-8,11H,3-6,9-10H2,1-2H3,(H2,14,15). The van der Waals surface area contributed by atoms with Crippen LogP contribution < -0.4 is 5.73 Å². The van der Waals surface area contributed by atoms with Gasteiger partial charge in [-0.25, -0.2) is 13.4 Å². The lowest BCUT2D eigenvalue weighted by Gasteiger charge is -2.21. The molecular weight excluding hydrogens is 262 g/mol. The third kappa shape index (κ3) is 4.47. The average molecular weight is 285 g/mol. The number of hydrogen-bond acceptors (Lipinski definition) is 4. The average Bonchev–Trinajstić information content (AvgIpc) is 2.39. The number of pyridine rings is 1. The number of hydrogen-bond donors (Lipinski definition) is 1. The Kier molecular flexibility index (Phi) is 6.24. The minimum absolute atomic E-state index is 0.217. The van der Waals surface area contributed by atoms with Crippen LogP contribution in [0.2, 0.25) is 0 Å². The van der Waals surface area contributed by atoms with Crippen LogP contribution >= 0.6 is 0 Å². The van der Waals surface area contributed by atoms with Crippen LogP contribution in [0.25, 0.3) is 0 Å². The highest BCUT2D eigenvalue weighted by atomic mass is 32.2. The molecule has 1 aromatic rings. The van der Waals surface area contributed by atoms with Crippen LogP contribution in [-0.2, 0) is 10.0 Å². The van der Waals surface area contributed by atoms with Crippen LogP contribution in [0.15, 0.2) is 23.2 Å². The highest BCUT2D eigenvalue weighted by Gasteiger charge is 2.23. The number of nitrogen functional groups attached to an aromatic ring is 1. The third-order valence-electron chi connectivity index (χ3n) is 2.92. The number of nitrogens with zero attached hydrogens (tertiary/aromatic N) is 2. The Bertz CT molecular complexity index is 463. The van der Waals surface area contributed by atoms with E-state index >= 15 is 0 Å². The van der Waals surface area contributed by atoms with Crippen molar-refractivity contribution in [2.45, 2.75) is 44.4 Å². The van der Waals surface area contributed by atoms with Gasteiger partial charge in [-0.2, -0.15) is 4.31 Å². The number of anilines is 1. The van der Waals surface area contributed by atoms with E-state index in [1.807, 2.05) is 0 Å². The lowest BCUT2D eigenvalue weighted by atomic mass is 10.3. The van der Waals surface area contributed by atoms with Crippen molar-refractivity contribution in [1.82, 2.24) is 9.29 Å². The summed E-state index contributed by atoms with van der Waals surface area (Å²) < 4.78 is 26.5. The van der Waals surface area contributed by atoms with Crippen molar-refractivity contribution in [2.24, 2.45) is 0 Å². The molecule has 0 amide bonds. The van der Waals surface area contributed by atoms with Gasteiger partial charge in [0.05, 0.1) is 0 Å². The van der Waals surface area contributed by atoms with E-state index in [1.165, 1.54) is 18.3 Å². The molecule has 1 heterocycles. The smallest absolute Gasteiger partial charge is 0.244 e. The molecule has 0 saturated heterocycles. The summed E-state index contributed by atoms with van der Waals surface area (Å²) in [5, 5.41) is 0. The second-order valence-corrected chi connectivity index (χ2v) is 6.47. The number of sulfonamides is 1. The van der Waals surface area contributed by atoms with Gasteiger partial charge >= 0.3 is 0 Å². The zero-order valence-corrected chi connectivity index (χ0v) is 12.5. The Morgan fingerprint density at radius 3 is 2.16 bits per heavy atom. The largest absolute Gasteiger partial charge is 0.384 e. The third-order valence-corrected chi connectivity index (χ3v) is 4.80. The molecule has 0 spiro atoms. The Balaban J connectivity index is 2.93. The van der Waals surface area contributed by atoms with Gasteiger partial charge in [-0.05, 0) is 25.0 Å². The van der Waals surface area contributed by atoms with Gasteiger partial charge in [0.1, 0.15) is 10.7 Å². The highest BCUT2D eigenvalue weighted by Crippen LogP contribution is 2.17. The van der Waals surface area contributed by atoms with Crippen molar-refractivity contribution < 1.29 is 8.42 Å². The van der Waals surface area contributed by atoms with E-state index in [0.717, 1.165) is 25.7 Å². The second-order valence-electron chi connectivity index (χ2n) is 4.53. The van der Waals surface area contributed by atoms with Crippen LogP contribution in [0.1, 0.15) is 39.5 Å². The lowest BCUT2D eigenvalue weighted by molar-refractivity contribution is 0.395. The first-order valence-electron chi connectivity index (χ1n) is 6.74. The summed E-state index contributed by atoms with van der Waals surface area (Å²) in [7, 11) is -3.45. The molecule has 0 saturated carbocycles. The minimum Gasteiger partial charge on any atom is -0.384 e. The molecule has 19 heavy (non-hydrogen) atoms. The van der Waals surface area contributed by atoms with Crippen LogP contribution in [0, 0.1) is 0 Å². The van der Waals surface area contributed by atoms with Crippen LogP contribution in [0.3, 0.4) is 0 Å². The summed E-state index contributed by atoms with van der Waals surface area (Å²) in [5.41, 5.74) is 5.49. The van der Waals surface area contributed by atoms with Gasteiger partial charge in [-0.15, -0.1) is 0 Å². The maximum Gasteiger partial charge on any atom is 0.244 e. The van der Waals surface area contributed by atoms with E-state index in [0.29, 0.717) is 18.9 Å². The van der Waals surface area contributed by atoms with E-state index in [4.69, 9.17) is 5.73 Å². The Morgan fingerprint density at radius 2 is 1.74 bits per heavy atom. The highest BCUT2D eigenvalue weighted by molar-refractivity contribution is 7.89. The van der Waals surface area contributed by atoms with E-state index in [-0.39, 0.29) is 4.90 Å². The van der Waals surface area contributed by atoms with E-state index in [2.05, 4.69) is 18.8 Å². The number of rotatable bonds is 8. The second kappa shape index (κ2) is 7.45. The van der Waals surface area contributed by atoms with Crippen LogP contribution in [-0.4, -0.2) is 30.8 Å². The van der Waals surface area contributed by atoms with Gasteiger partial charge in [-0.3, -0.25) is 0 Å². The van der Waals surface area contributed by atoms with Gasteiger partial charge in [0, 0.05) is 19.3 Å². The molecule has 0 aliphatic heterocycles. The molecule has 2 N–H and O–H groups in total. The van der Waals surface area contributed by atoms with Crippen molar-refractivity contribution in [2.75, 3.05) is 18.8 Å². The fourth-order valence-electron chi connectivity index (χ4n) is 1.71. The van der Waals surface area contributed by atoms with Gasteiger partial charge in [0.15, 0.2) is 0 Å². The summed E-state index contributed by atoms with van der Waals surface area (Å²) in [6, 6.07) is 3.03. The van der Waals surface area contributed by atoms with Crippen LogP contribution in [0.5, 0.6) is 0 Å². The Hall–Kier alpha value is -1.14. The first-order valence-corrected chi connectivity index (χ1v) is 8.18. The van der Waals surface area contributed by atoms with E-state index in [1.54, 1.807) is 4.31 Å². The van der Waals surface area contributed by atoms with E-state index < -0.39 is 10.0 Å². The Labute approximate surface area is 115 Å². The number of aromatic nitrogens is 1. The molecule has 0 unspecified atom stereocenters.